The number of fused-ring (bicyclic) bond motifs is 3. The zero-order valence-corrected chi connectivity index (χ0v) is 16.7. The van der Waals surface area contributed by atoms with Crippen molar-refractivity contribution in [3.63, 3.8) is 0 Å². The average molecular weight is 430 g/mol. The highest BCUT2D eigenvalue weighted by atomic mass is 19.1. The number of amides is 1. The van der Waals surface area contributed by atoms with Crippen LogP contribution in [0.25, 0.3) is 27.8 Å². The highest BCUT2D eigenvalue weighted by molar-refractivity contribution is 6.00. The Bertz CT molecular complexity index is 1520. The zero-order chi connectivity index (χ0) is 22.2. The summed E-state index contributed by atoms with van der Waals surface area (Å²) < 4.78 is 20.8. The van der Waals surface area contributed by atoms with Crippen molar-refractivity contribution in [2.75, 3.05) is 12.5 Å². The summed E-state index contributed by atoms with van der Waals surface area (Å²) in [6, 6.07) is 14.0. The van der Waals surface area contributed by atoms with Gasteiger partial charge in [0, 0.05) is 17.3 Å². The molecule has 3 aromatic heterocycles. The Kier molecular flexibility index (Phi) is 4.59. The molecule has 0 aliphatic rings. The van der Waals surface area contributed by atoms with Crippen molar-refractivity contribution in [3.8, 4) is 16.9 Å². The van der Waals surface area contributed by atoms with Crippen molar-refractivity contribution in [1.82, 2.24) is 24.5 Å². The Balaban J connectivity index is 1.52. The first kappa shape index (κ1) is 19.4. The van der Waals surface area contributed by atoms with Gasteiger partial charge in [-0.05, 0) is 48.0 Å². The lowest BCUT2D eigenvalue weighted by atomic mass is 10.1. The molecule has 0 atom stereocenters. The van der Waals surface area contributed by atoms with Crippen molar-refractivity contribution in [1.29, 1.82) is 0 Å². The van der Waals surface area contributed by atoms with Gasteiger partial charge in [0.05, 0.1) is 13.3 Å². The molecule has 0 aliphatic heterocycles. The van der Waals surface area contributed by atoms with Gasteiger partial charge in [0.15, 0.2) is 11.2 Å². The molecule has 32 heavy (non-hydrogen) atoms. The van der Waals surface area contributed by atoms with E-state index in [1.807, 2.05) is 0 Å². The SMILES string of the molecule is COc1ccc(C(=O)Nn2ccc3c(nnc4c(-c5ccc(F)cc5)cnn43)c2=O)cc1. The number of methoxy groups -OCH3 is 1. The summed E-state index contributed by atoms with van der Waals surface area (Å²) in [5.41, 5.74) is 4.57. The third-order valence-electron chi connectivity index (χ3n) is 4.99. The molecule has 5 aromatic rings. The fourth-order valence-electron chi connectivity index (χ4n) is 3.33. The van der Waals surface area contributed by atoms with Gasteiger partial charge in [0.25, 0.3) is 11.5 Å². The number of ether oxygens (including phenoxy) is 1. The number of rotatable bonds is 4. The number of benzene rings is 2. The highest BCUT2D eigenvalue weighted by Crippen LogP contribution is 2.24. The lowest BCUT2D eigenvalue weighted by Crippen LogP contribution is -2.33. The molecule has 0 aliphatic carbocycles. The molecule has 0 fully saturated rings. The fourth-order valence-corrected chi connectivity index (χ4v) is 3.33. The van der Waals surface area contributed by atoms with Crippen LogP contribution in [0.1, 0.15) is 10.4 Å². The molecule has 0 spiro atoms. The quantitative estimate of drug-likeness (QED) is 0.470. The number of carbonyl (C=O) groups is 1. The molecule has 9 nitrogen and oxygen atoms in total. The average Bonchev–Trinajstić information content (AvgIpc) is 3.26. The maximum atomic E-state index is 13.2. The van der Waals surface area contributed by atoms with Crippen molar-refractivity contribution in [2.45, 2.75) is 0 Å². The number of halogens is 1. The molecular formula is C22H15FN6O3. The van der Waals surface area contributed by atoms with Crippen molar-refractivity contribution >= 4 is 22.6 Å². The minimum Gasteiger partial charge on any atom is -0.497 e. The third-order valence-corrected chi connectivity index (χ3v) is 4.99. The van der Waals surface area contributed by atoms with E-state index in [2.05, 4.69) is 20.7 Å². The second kappa shape index (κ2) is 7.58. The second-order valence-corrected chi connectivity index (χ2v) is 6.89. The van der Waals surface area contributed by atoms with Crippen molar-refractivity contribution in [2.24, 2.45) is 0 Å². The summed E-state index contributed by atoms with van der Waals surface area (Å²) in [5, 5.41) is 12.5. The molecule has 3 heterocycles. The minimum atomic E-state index is -0.558. The Morgan fingerprint density at radius 1 is 1.03 bits per heavy atom. The predicted molar refractivity (Wildman–Crippen MR) is 115 cm³/mol. The lowest BCUT2D eigenvalue weighted by molar-refractivity contribution is 0.101. The van der Waals surface area contributed by atoms with Crippen LogP contribution in [0.3, 0.4) is 0 Å². The topological polar surface area (TPSA) is 103 Å². The largest absolute Gasteiger partial charge is 0.497 e. The molecule has 1 N–H and O–H groups in total. The number of hydrogen-bond donors (Lipinski definition) is 1. The van der Waals surface area contributed by atoms with Gasteiger partial charge in [-0.3, -0.25) is 15.0 Å². The standard InChI is InChI=1S/C22H15FN6O3/c1-32-16-8-4-14(5-9-16)21(30)27-28-11-10-18-19(22(28)31)25-26-20-17(12-24-29(18)20)13-2-6-15(23)7-3-13/h2-12H,1H3,(H,27,30). The van der Waals surface area contributed by atoms with Gasteiger partial charge in [0.2, 0.25) is 0 Å². The molecule has 0 saturated carbocycles. The van der Waals surface area contributed by atoms with E-state index in [0.29, 0.717) is 28.0 Å². The van der Waals surface area contributed by atoms with Crippen LogP contribution in [0, 0.1) is 5.82 Å². The number of hydrogen-bond acceptors (Lipinski definition) is 6. The predicted octanol–water partition coefficient (Wildman–Crippen LogP) is 2.64. The molecule has 0 saturated heterocycles. The smallest absolute Gasteiger partial charge is 0.299 e. The summed E-state index contributed by atoms with van der Waals surface area (Å²) in [6.45, 7) is 0. The Hall–Kier alpha value is -4.60. The summed E-state index contributed by atoms with van der Waals surface area (Å²) in [5.74, 6) is -0.206. The Morgan fingerprint density at radius 3 is 2.50 bits per heavy atom. The molecule has 0 unspecified atom stereocenters. The van der Waals surface area contributed by atoms with Gasteiger partial charge in [-0.1, -0.05) is 12.1 Å². The molecule has 5 rings (SSSR count). The van der Waals surface area contributed by atoms with Crippen LogP contribution >= 0.6 is 0 Å². The van der Waals surface area contributed by atoms with E-state index in [1.54, 1.807) is 48.7 Å². The summed E-state index contributed by atoms with van der Waals surface area (Å²) >= 11 is 0. The third kappa shape index (κ3) is 3.23. The first-order valence-corrected chi connectivity index (χ1v) is 9.52. The molecule has 2 aromatic carbocycles. The monoisotopic (exact) mass is 430 g/mol. The minimum absolute atomic E-state index is 0.0313. The highest BCUT2D eigenvalue weighted by Gasteiger charge is 2.15. The van der Waals surface area contributed by atoms with Gasteiger partial charge in [-0.2, -0.15) is 5.10 Å². The number of nitrogens with one attached hydrogen (secondary N) is 1. The van der Waals surface area contributed by atoms with Crippen molar-refractivity contribution < 1.29 is 13.9 Å². The van der Waals surface area contributed by atoms with Crippen LogP contribution in [0.4, 0.5) is 4.39 Å². The van der Waals surface area contributed by atoms with E-state index in [0.717, 1.165) is 10.2 Å². The Labute approximate surface area is 179 Å². The number of carbonyl (C=O) groups excluding carboxylic acids is 1. The van der Waals surface area contributed by atoms with Crippen LogP contribution in [0.2, 0.25) is 0 Å². The van der Waals surface area contributed by atoms with E-state index in [4.69, 9.17) is 4.74 Å². The summed E-state index contributed by atoms with van der Waals surface area (Å²) in [6.07, 6.45) is 3.00. The van der Waals surface area contributed by atoms with E-state index < -0.39 is 11.5 Å². The zero-order valence-electron chi connectivity index (χ0n) is 16.7. The fraction of sp³-hybridized carbons (Fsp3) is 0.0455. The number of nitrogens with zero attached hydrogens (tertiary/aromatic N) is 5. The molecule has 1 amide bonds. The van der Waals surface area contributed by atoms with E-state index in [1.165, 1.54) is 30.0 Å². The van der Waals surface area contributed by atoms with E-state index in [-0.39, 0.29) is 11.3 Å². The molecular weight excluding hydrogens is 415 g/mol. The van der Waals surface area contributed by atoms with E-state index >= 15 is 0 Å². The maximum absolute atomic E-state index is 13.2. The number of pyridine rings is 1. The normalized spacial score (nSPS) is 11.1. The van der Waals surface area contributed by atoms with Gasteiger partial charge < -0.3 is 4.74 Å². The van der Waals surface area contributed by atoms with Crippen LogP contribution in [-0.2, 0) is 0 Å². The van der Waals surface area contributed by atoms with E-state index in [9.17, 15) is 14.0 Å². The van der Waals surface area contributed by atoms with Gasteiger partial charge in [-0.15, -0.1) is 10.2 Å². The maximum Gasteiger partial charge on any atom is 0.299 e. The van der Waals surface area contributed by atoms with Crippen LogP contribution < -0.4 is 15.7 Å². The summed E-state index contributed by atoms with van der Waals surface area (Å²) in [4.78, 5) is 25.4. The van der Waals surface area contributed by atoms with Crippen LogP contribution in [0.15, 0.2) is 71.8 Å². The molecule has 0 bridgehead atoms. The molecule has 0 radical (unpaired) electrons. The first-order chi connectivity index (χ1) is 15.5. The molecule has 10 heteroatoms. The van der Waals surface area contributed by atoms with Gasteiger partial charge in [-0.25, -0.2) is 13.6 Å². The number of aromatic nitrogens is 5. The summed E-state index contributed by atoms with van der Waals surface area (Å²) in [7, 11) is 1.53. The molecule has 158 valence electrons. The van der Waals surface area contributed by atoms with Crippen molar-refractivity contribution in [3.05, 3.63) is 88.7 Å². The second-order valence-electron chi connectivity index (χ2n) is 6.89. The lowest BCUT2D eigenvalue weighted by Gasteiger charge is -2.09. The van der Waals surface area contributed by atoms with Crippen LogP contribution in [0.5, 0.6) is 5.75 Å². The Morgan fingerprint density at radius 2 is 1.78 bits per heavy atom. The van der Waals surface area contributed by atoms with Gasteiger partial charge >= 0.3 is 0 Å². The van der Waals surface area contributed by atoms with Gasteiger partial charge in [0.1, 0.15) is 17.1 Å². The van der Waals surface area contributed by atoms with Crippen LogP contribution in [-0.4, -0.2) is 37.5 Å². The first-order valence-electron chi connectivity index (χ1n) is 9.52.